The Hall–Kier alpha value is -0.790. The van der Waals surface area contributed by atoms with Gasteiger partial charge < -0.3 is 4.74 Å². The summed E-state index contributed by atoms with van der Waals surface area (Å²) < 4.78 is 5.23. The molecule has 2 heteroatoms. The first-order valence-corrected chi connectivity index (χ1v) is 5.63. The summed E-state index contributed by atoms with van der Waals surface area (Å²) in [5.74, 6) is -0.0886. The number of hydrogen-bond donors (Lipinski definition) is 0. The van der Waals surface area contributed by atoms with Crippen LogP contribution in [0.3, 0.4) is 0 Å². The lowest BCUT2D eigenvalue weighted by molar-refractivity contribution is -0.147. The van der Waals surface area contributed by atoms with Gasteiger partial charge in [0.2, 0.25) is 0 Å². The molecule has 0 aliphatic carbocycles. The molecule has 1 rings (SSSR count). The molecule has 14 heavy (non-hydrogen) atoms. The van der Waals surface area contributed by atoms with Crippen LogP contribution in [0.25, 0.3) is 0 Å². The van der Waals surface area contributed by atoms with Crippen molar-refractivity contribution in [1.82, 2.24) is 0 Å². The number of esters is 1. The zero-order valence-electron chi connectivity index (χ0n) is 9.00. The Bertz CT molecular complexity index is 196. The van der Waals surface area contributed by atoms with Crippen LogP contribution in [-0.4, -0.2) is 12.1 Å². The Morgan fingerprint density at radius 3 is 2.86 bits per heavy atom. The molecular formula is C12H20O2. The Morgan fingerprint density at radius 1 is 1.21 bits per heavy atom. The highest BCUT2D eigenvalue weighted by atomic mass is 16.5. The van der Waals surface area contributed by atoms with Crippen LogP contribution in [0.2, 0.25) is 0 Å². The maximum Gasteiger partial charge on any atom is 0.309 e. The van der Waals surface area contributed by atoms with Gasteiger partial charge in [0.15, 0.2) is 0 Å². The van der Waals surface area contributed by atoms with E-state index in [0.717, 1.165) is 12.8 Å². The molecule has 1 atom stereocenters. The molecule has 0 aromatic carbocycles. The molecule has 1 aliphatic heterocycles. The molecule has 80 valence electrons. The van der Waals surface area contributed by atoms with Gasteiger partial charge in [-0.2, -0.15) is 0 Å². The minimum Gasteiger partial charge on any atom is -0.462 e. The molecule has 0 amide bonds. The summed E-state index contributed by atoms with van der Waals surface area (Å²) in [5.41, 5.74) is 0. The molecular weight excluding hydrogens is 176 g/mol. The van der Waals surface area contributed by atoms with E-state index in [1.165, 1.54) is 25.7 Å². The molecule has 2 nitrogen and oxygen atoms in total. The van der Waals surface area contributed by atoms with Crippen molar-refractivity contribution in [1.29, 1.82) is 0 Å². The highest BCUT2D eigenvalue weighted by Crippen LogP contribution is 2.11. The number of carbonyl (C=O) groups excluding carboxylic acids is 1. The van der Waals surface area contributed by atoms with E-state index in [4.69, 9.17) is 4.74 Å². The summed E-state index contributed by atoms with van der Waals surface area (Å²) in [6.45, 7) is 1.98. The summed E-state index contributed by atoms with van der Waals surface area (Å²) in [6, 6.07) is 0. The van der Waals surface area contributed by atoms with Crippen molar-refractivity contribution >= 4 is 5.97 Å². The Kier molecular flexibility index (Phi) is 5.35. The minimum atomic E-state index is -0.0886. The van der Waals surface area contributed by atoms with Crippen LogP contribution in [0.15, 0.2) is 12.2 Å². The summed E-state index contributed by atoms with van der Waals surface area (Å²) in [5, 5.41) is 0. The van der Waals surface area contributed by atoms with Crippen LogP contribution >= 0.6 is 0 Å². The largest absolute Gasteiger partial charge is 0.462 e. The first-order valence-electron chi connectivity index (χ1n) is 5.63. The maximum absolute atomic E-state index is 11.2. The van der Waals surface area contributed by atoms with Gasteiger partial charge in [-0.15, -0.1) is 0 Å². The molecule has 1 heterocycles. The highest BCUT2D eigenvalue weighted by molar-refractivity contribution is 5.71. The topological polar surface area (TPSA) is 26.3 Å². The third-order valence-electron chi connectivity index (χ3n) is 2.52. The average molecular weight is 196 g/mol. The van der Waals surface area contributed by atoms with Gasteiger partial charge in [0.1, 0.15) is 0 Å². The summed E-state index contributed by atoms with van der Waals surface area (Å²) in [6.07, 6.45) is 11.6. The Labute approximate surface area is 86.3 Å². The highest BCUT2D eigenvalue weighted by Gasteiger charge is 2.07. The van der Waals surface area contributed by atoms with Crippen molar-refractivity contribution < 1.29 is 9.53 Å². The second kappa shape index (κ2) is 6.63. The van der Waals surface area contributed by atoms with Crippen molar-refractivity contribution in [3.05, 3.63) is 12.2 Å². The number of hydrogen-bond acceptors (Lipinski definition) is 2. The second-order valence-corrected chi connectivity index (χ2v) is 3.97. The molecule has 0 unspecified atom stereocenters. The number of cyclic esters (lactones) is 1. The van der Waals surface area contributed by atoms with Gasteiger partial charge in [-0.05, 0) is 32.6 Å². The predicted molar refractivity (Wildman–Crippen MR) is 57.0 cm³/mol. The SMILES string of the molecule is C[C@H]1CCCCCC/C=C\CC(=O)O1. The van der Waals surface area contributed by atoms with E-state index in [1.54, 1.807) is 0 Å². The van der Waals surface area contributed by atoms with E-state index in [9.17, 15) is 4.79 Å². The van der Waals surface area contributed by atoms with E-state index in [0.29, 0.717) is 6.42 Å². The molecule has 0 radical (unpaired) electrons. The van der Waals surface area contributed by atoms with E-state index in [2.05, 4.69) is 6.08 Å². The van der Waals surface area contributed by atoms with E-state index < -0.39 is 0 Å². The monoisotopic (exact) mass is 196 g/mol. The number of carbonyl (C=O) groups is 1. The summed E-state index contributed by atoms with van der Waals surface area (Å²) in [4.78, 5) is 11.2. The minimum absolute atomic E-state index is 0.0886. The molecule has 0 saturated carbocycles. The van der Waals surface area contributed by atoms with Crippen LogP contribution < -0.4 is 0 Å². The van der Waals surface area contributed by atoms with Crippen molar-refractivity contribution in [2.75, 3.05) is 0 Å². The molecule has 0 spiro atoms. The molecule has 0 fully saturated rings. The van der Waals surface area contributed by atoms with E-state index in [1.807, 2.05) is 13.0 Å². The van der Waals surface area contributed by atoms with Gasteiger partial charge in [0, 0.05) is 0 Å². The van der Waals surface area contributed by atoms with Crippen molar-refractivity contribution in [3.63, 3.8) is 0 Å². The van der Waals surface area contributed by atoms with Crippen molar-refractivity contribution in [2.24, 2.45) is 0 Å². The number of ether oxygens (including phenoxy) is 1. The van der Waals surface area contributed by atoms with Gasteiger partial charge in [0.05, 0.1) is 12.5 Å². The first-order chi connectivity index (χ1) is 6.79. The standard InChI is InChI=1S/C12H20O2/c1-11-9-7-5-3-2-4-6-8-10-12(13)14-11/h6,8,11H,2-5,7,9-10H2,1H3/b8-6-/t11-/m0/s1. The Balaban J connectivity index is 2.36. The van der Waals surface area contributed by atoms with Crippen LogP contribution in [0, 0.1) is 0 Å². The fourth-order valence-corrected chi connectivity index (χ4v) is 1.68. The fraction of sp³-hybridized carbons (Fsp3) is 0.750. The normalized spacial score (nSPS) is 28.4. The van der Waals surface area contributed by atoms with Crippen LogP contribution in [0.4, 0.5) is 0 Å². The molecule has 0 N–H and O–H groups in total. The van der Waals surface area contributed by atoms with Gasteiger partial charge in [-0.1, -0.05) is 25.0 Å². The van der Waals surface area contributed by atoms with Crippen LogP contribution in [0.1, 0.15) is 51.9 Å². The molecule has 1 aliphatic rings. The van der Waals surface area contributed by atoms with Crippen molar-refractivity contribution in [3.8, 4) is 0 Å². The van der Waals surface area contributed by atoms with Gasteiger partial charge >= 0.3 is 5.97 Å². The molecule has 0 bridgehead atoms. The lowest BCUT2D eigenvalue weighted by Crippen LogP contribution is -2.14. The van der Waals surface area contributed by atoms with Gasteiger partial charge in [-0.3, -0.25) is 4.79 Å². The van der Waals surface area contributed by atoms with Crippen LogP contribution in [0.5, 0.6) is 0 Å². The molecule has 0 aromatic heterocycles. The van der Waals surface area contributed by atoms with Gasteiger partial charge in [0.25, 0.3) is 0 Å². The molecule has 0 aromatic rings. The lowest BCUT2D eigenvalue weighted by atomic mass is 10.1. The van der Waals surface area contributed by atoms with E-state index >= 15 is 0 Å². The van der Waals surface area contributed by atoms with E-state index in [-0.39, 0.29) is 12.1 Å². The third-order valence-corrected chi connectivity index (χ3v) is 2.52. The lowest BCUT2D eigenvalue weighted by Gasteiger charge is -2.12. The quantitative estimate of drug-likeness (QED) is 0.439. The number of rotatable bonds is 0. The summed E-state index contributed by atoms with van der Waals surface area (Å²) in [7, 11) is 0. The summed E-state index contributed by atoms with van der Waals surface area (Å²) >= 11 is 0. The number of allylic oxidation sites excluding steroid dienone is 1. The molecule has 0 saturated heterocycles. The first kappa shape index (κ1) is 11.3. The maximum atomic E-state index is 11.2. The third kappa shape index (κ3) is 5.05. The second-order valence-electron chi connectivity index (χ2n) is 3.97. The predicted octanol–water partition coefficient (Wildman–Crippen LogP) is 3.22. The van der Waals surface area contributed by atoms with Crippen molar-refractivity contribution in [2.45, 2.75) is 58.0 Å². The van der Waals surface area contributed by atoms with Gasteiger partial charge in [-0.25, -0.2) is 0 Å². The zero-order valence-corrected chi connectivity index (χ0v) is 9.00. The fourth-order valence-electron chi connectivity index (χ4n) is 1.68. The van der Waals surface area contributed by atoms with Crippen LogP contribution in [-0.2, 0) is 9.53 Å². The average Bonchev–Trinajstić information content (AvgIpc) is 2.13. The smallest absolute Gasteiger partial charge is 0.309 e. The zero-order chi connectivity index (χ0) is 10.2. The Morgan fingerprint density at radius 2 is 2.00 bits per heavy atom.